The number of likely N-dealkylation sites (tertiary alicyclic amines) is 1. The van der Waals surface area contributed by atoms with Crippen molar-refractivity contribution in [1.82, 2.24) is 14.8 Å². The van der Waals surface area contributed by atoms with Crippen LogP contribution in [-0.4, -0.2) is 39.7 Å². The summed E-state index contributed by atoms with van der Waals surface area (Å²) in [7, 11) is 0. The molecule has 0 bridgehead atoms. The molecule has 1 aliphatic rings. The standard InChI is InChI=1S/C20H25N3O2S/c1-15-17(26-14-21-15)11-22(10-16-7-5-4-6-8-16)19(25)12-23-13-20(2,3)9-18(23)24/h4-8,14H,9-13H2,1-3H3. The van der Waals surface area contributed by atoms with Gasteiger partial charge in [0.15, 0.2) is 0 Å². The van der Waals surface area contributed by atoms with Crippen molar-refractivity contribution in [1.29, 1.82) is 0 Å². The molecule has 0 aliphatic carbocycles. The average Bonchev–Trinajstić information content (AvgIpc) is 3.09. The summed E-state index contributed by atoms with van der Waals surface area (Å²) in [4.78, 5) is 34.1. The third kappa shape index (κ3) is 4.49. The van der Waals surface area contributed by atoms with Crippen LogP contribution < -0.4 is 0 Å². The molecule has 1 aromatic heterocycles. The second-order valence-corrected chi connectivity index (χ2v) is 8.63. The van der Waals surface area contributed by atoms with Crippen LogP contribution in [0, 0.1) is 12.3 Å². The van der Waals surface area contributed by atoms with E-state index in [-0.39, 0.29) is 23.8 Å². The maximum Gasteiger partial charge on any atom is 0.242 e. The lowest BCUT2D eigenvalue weighted by Crippen LogP contribution is -2.40. The maximum absolute atomic E-state index is 13.0. The van der Waals surface area contributed by atoms with Crippen molar-refractivity contribution in [3.05, 3.63) is 52.0 Å². The fraction of sp³-hybridized carbons (Fsp3) is 0.450. The van der Waals surface area contributed by atoms with Crippen LogP contribution in [0.15, 0.2) is 35.8 Å². The van der Waals surface area contributed by atoms with Gasteiger partial charge >= 0.3 is 0 Å². The van der Waals surface area contributed by atoms with Crippen LogP contribution in [0.2, 0.25) is 0 Å². The van der Waals surface area contributed by atoms with E-state index in [9.17, 15) is 9.59 Å². The largest absolute Gasteiger partial charge is 0.333 e. The minimum atomic E-state index is -0.0596. The SMILES string of the molecule is Cc1ncsc1CN(Cc1ccccc1)C(=O)CN1CC(C)(C)CC1=O. The van der Waals surface area contributed by atoms with Gasteiger partial charge in [-0.25, -0.2) is 4.98 Å². The van der Waals surface area contributed by atoms with E-state index in [0.717, 1.165) is 16.1 Å². The average molecular weight is 372 g/mol. The summed E-state index contributed by atoms with van der Waals surface area (Å²) >= 11 is 1.56. The molecule has 0 radical (unpaired) electrons. The summed E-state index contributed by atoms with van der Waals surface area (Å²) in [6.07, 6.45) is 0.507. The van der Waals surface area contributed by atoms with Gasteiger partial charge in [-0.2, -0.15) is 0 Å². The highest BCUT2D eigenvalue weighted by atomic mass is 32.1. The number of hydrogen-bond donors (Lipinski definition) is 0. The van der Waals surface area contributed by atoms with Gasteiger partial charge in [-0.3, -0.25) is 9.59 Å². The molecule has 1 saturated heterocycles. The Kier molecular flexibility index (Phi) is 5.41. The third-order valence-corrected chi connectivity index (χ3v) is 5.60. The normalized spacial score (nSPS) is 16.1. The molecule has 26 heavy (non-hydrogen) atoms. The highest BCUT2D eigenvalue weighted by Gasteiger charge is 2.37. The maximum atomic E-state index is 13.0. The van der Waals surface area contributed by atoms with Crippen molar-refractivity contribution < 1.29 is 9.59 Å². The lowest BCUT2D eigenvalue weighted by molar-refractivity contribution is -0.139. The predicted molar refractivity (Wildman–Crippen MR) is 103 cm³/mol. The molecule has 138 valence electrons. The fourth-order valence-electron chi connectivity index (χ4n) is 3.28. The minimum Gasteiger partial charge on any atom is -0.333 e. The van der Waals surface area contributed by atoms with Gasteiger partial charge in [0.25, 0.3) is 0 Å². The monoisotopic (exact) mass is 371 g/mol. The molecular formula is C20H25N3O2S. The van der Waals surface area contributed by atoms with E-state index in [2.05, 4.69) is 18.8 Å². The van der Waals surface area contributed by atoms with E-state index >= 15 is 0 Å². The van der Waals surface area contributed by atoms with Gasteiger partial charge < -0.3 is 9.80 Å². The molecule has 2 amide bonds. The number of amides is 2. The fourth-order valence-corrected chi connectivity index (χ4v) is 4.07. The minimum absolute atomic E-state index is 0.0206. The molecule has 5 nitrogen and oxygen atoms in total. The van der Waals surface area contributed by atoms with E-state index in [1.165, 1.54) is 0 Å². The molecule has 1 aliphatic heterocycles. The Labute approximate surface area is 158 Å². The summed E-state index contributed by atoms with van der Waals surface area (Å²) < 4.78 is 0. The second kappa shape index (κ2) is 7.58. The van der Waals surface area contributed by atoms with Crippen LogP contribution in [0.5, 0.6) is 0 Å². The van der Waals surface area contributed by atoms with Crippen molar-refractivity contribution in [2.75, 3.05) is 13.1 Å². The van der Waals surface area contributed by atoms with Crippen molar-refractivity contribution >= 4 is 23.2 Å². The van der Waals surface area contributed by atoms with Crippen LogP contribution in [0.1, 0.15) is 36.4 Å². The lowest BCUT2D eigenvalue weighted by atomic mass is 9.93. The summed E-state index contributed by atoms with van der Waals surface area (Å²) in [6, 6.07) is 9.95. The molecule has 0 unspecified atom stereocenters. The van der Waals surface area contributed by atoms with Crippen LogP contribution in [-0.2, 0) is 22.7 Å². The summed E-state index contributed by atoms with van der Waals surface area (Å²) in [5, 5.41) is 0. The van der Waals surface area contributed by atoms with Gasteiger partial charge in [-0.15, -0.1) is 11.3 Å². The van der Waals surface area contributed by atoms with E-state index in [4.69, 9.17) is 0 Å². The van der Waals surface area contributed by atoms with Gasteiger partial charge in [0.05, 0.1) is 24.3 Å². The van der Waals surface area contributed by atoms with Gasteiger partial charge in [0.2, 0.25) is 11.8 Å². The molecular weight excluding hydrogens is 346 g/mol. The van der Waals surface area contributed by atoms with Gasteiger partial charge in [-0.1, -0.05) is 44.2 Å². The molecule has 1 aromatic carbocycles. The van der Waals surface area contributed by atoms with Crippen molar-refractivity contribution in [3.8, 4) is 0 Å². The number of nitrogens with zero attached hydrogens (tertiary/aromatic N) is 3. The highest BCUT2D eigenvalue weighted by molar-refractivity contribution is 7.09. The van der Waals surface area contributed by atoms with Gasteiger partial charge in [0, 0.05) is 24.4 Å². The van der Waals surface area contributed by atoms with Crippen molar-refractivity contribution in [2.45, 2.75) is 40.3 Å². The Bertz CT molecular complexity index is 785. The summed E-state index contributed by atoms with van der Waals surface area (Å²) in [5.74, 6) is 0.0460. The third-order valence-electron chi connectivity index (χ3n) is 4.68. The van der Waals surface area contributed by atoms with Gasteiger partial charge in [0.1, 0.15) is 0 Å². The Morgan fingerprint density at radius 3 is 2.58 bits per heavy atom. The number of carbonyl (C=O) groups excluding carboxylic acids is 2. The van der Waals surface area contributed by atoms with Crippen LogP contribution in [0.4, 0.5) is 0 Å². The Morgan fingerprint density at radius 2 is 2.00 bits per heavy atom. The van der Waals surface area contributed by atoms with E-state index in [1.54, 1.807) is 16.2 Å². The molecule has 3 rings (SSSR count). The molecule has 2 heterocycles. The Balaban J connectivity index is 1.74. The number of hydrogen-bond acceptors (Lipinski definition) is 4. The molecule has 6 heteroatoms. The number of thiazole rings is 1. The highest BCUT2D eigenvalue weighted by Crippen LogP contribution is 2.30. The molecule has 0 saturated carbocycles. The number of carbonyl (C=O) groups is 2. The molecule has 2 aromatic rings. The summed E-state index contributed by atoms with van der Waals surface area (Å²) in [6.45, 7) is 7.93. The van der Waals surface area contributed by atoms with E-state index < -0.39 is 0 Å². The Morgan fingerprint density at radius 1 is 1.27 bits per heavy atom. The van der Waals surface area contributed by atoms with Crippen LogP contribution >= 0.6 is 11.3 Å². The first-order valence-electron chi connectivity index (χ1n) is 8.82. The van der Waals surface area contributed by atoms with E-state index in [0.29, 0.717) is 26.1 Å². The first kappa shape index (κ1) is 18.6. The first-order chi connectivity index (χ1) is 12.3. The smallest absolute Gasteiger partial charge is 0.242 e. The number of aromatic nitrogens is 1. The quantitative estimate of drug-likeness (QED) is 0.783. The van der Waals surface area contributed by atoms with Crippen molar-refractivity contribution in [3.63, 3.8) is 0 Å². The zero-order chi connectivity index (χ0) is 18.7. The zero-order valence-electron chi connectivity index (χ0n) is 15.6. The summed E-state index contributed by atoms with van der Waals surface area (Å²) in [5.41, 5.74) is 3.79. The van der Waals surface area contributed by atoms with Crippen LogP contribution in [0.25, 0.3) is 0 Å². The first-order valence-corrected chi connectivity index (χ1v) is 9.70. The predicted octanol–water partition coefficient (Wildman–Crippen LogP) is 3.24. The molecule has 0 N–H and O–H groups in total. The zero-order valence-corrected chi connectivity index (χ0v) is 16.4. The Hall–Kier alpha value is -2.21. The topological polar surface area (TPSA) is 53.5 Å². The molecule has 0 atom stereocenters. The number of rotatable bonds is 6. The molecule has 0 spiro atoms. The number of aryl methyl sites for hydroxylation is 1. The second-order valence-electron chi connectivity index (χ2n) is 7.69. The van der Waals surface area contributed by atoms with Gasteiger partial charge in [-0.05, 0) is 17.9 Å². The number of benzene rings is 1. The van der Waals surface area contributed by atoms with Crippen molar-refractivity contribution in [2.24, 2.45) is 5.41 Å². The van der Waals surface area contributed by atoms with E-state index in [1.807, 2.05) is 47.7 Å². The van der Waals surface area contributed by atoms with Crippen LogP contribution in [0.3, 0.4) is 0 Å². The lowest BCUT2D eigenvalue weighted by Gasteiger charge is -2.26. The molecule has 1 fully saturated rings.